The maximum Gasteiger partial charge on any atom is 0.435 e. The molecule has 0 aliphatic heterocycles. The standard InChI is InChI=1S/C12H7BrF3NO2S/c1-5-4-6(13)2-3-7(5)10-17-9(12(14,15)16)8(20-10)11(18)19/h2-4H,1H3,(H,18,19). The van der Waals surface area contributed by atoms with E-state index in [9.17, 15) is 18.0 Å². The van der Waals surface area contributed by atoms with Crippen molar-refractivity contribution in [2.24, 2.45) is 0 Å². The topological polar surface area (TPSA) is 50.2 Å². The number of thiazole rings is 1. The van der Waals surface area contributed by atoms with Crippen molar-refractivity contribution in [3.05, 3.63) is 38.8 Å². The number of hydrogen-bond acceptors (Lipinski definition) is 3. The summed E-state index contributed by atoms with van der Waals surface area (Å²) in [5.41, 5.74) is -0.165. The number of aryl methyl sites for hydroxylation is 1. The number of rotatable bonds is 2. The van der Waals surface area contributed by atoms with Crippen LogP contribution in [0.5, 0.6) is 0 Å². The van der Waals surface area contributed by atoms with E-state index in [1.165, 1.54) is 0 Å². The highest BCUT2D eigenvalue weighted by atomic mass is 79.9. The molecule has 0 fully saturated rings. The van der Waals surface area contributed by atoms with Crippen molar-refractivity contribution in [2.45, 2.75) is 13.1 Å². The predicted octanol–water partition coefficient (Wildman–Crippen LogP) is 4.60. The summed E-state index contributed by atoms with van der Waals surface area (Å²) in [6, 6.07) is 4.99. The molecular formula is C12H7BrF3NO2S. The number of benzene rings is 1. The van der Waals surface area contributed by atoms with Gasteiger partial charge in [-0.3, -0.25) is 0 Å². The average molecular weight is 366 g/mol. The van der Waals surface area contributed by atoms with Crippen LogP contribution in [-0.4, -0.2) is 16.1 Å². The van der Waals surface area contributed by atoms with Crippen molar-refractivity contribution in [2.75, 3.05) is 0 Å². The lowest BCUT2D eigenvalue weighted by Crippen LogP contribution is -2.11. The summed E-state index contributed by atoms with van der Waals surface area (Å²) < 4.78 is 39.1. The van der Waals surface area contributed by atoms with E-state index in [1.807, 2.05) is 0 Å². The average Bonchev–Trinajstić information content (AvgIpc) is 2.73. The lowest BCUT2D eigenvalue weighted by molar-refractivity contribution is -0.141. The minimum Gasteiger partial charge on any atom is -0.477 e. The first kappa shape index (κ1) is 15.0. The third-order valence-electron chi connectivity index (χ3n) is 2.51. The molecule has 0 bridgehead atoms. The van der Waals surface area contributed by atoms with Crippen molar-refractivity contribution < 1.29 is 23.1 Å². The molecular weight excluding hydrogens is 359 g/mol. The fourth-order valence-electron chi connectivity index (χ4n) is 1.64. The minimum absolute atomic E-state index is 0.0414. The Bertz CT molecular complexity index is 682. The van der Waals surface area contributed by atoms with E-state index < -0.39 is 22.7 Å². The third-order valence-corrected chi connectivity index (χ3v) is 4.08. The molecule has 0 saturated heterocycles. The lowest BCUT2D eigenvalue weighted by Gasteiger charge is -2.03. The van der Waals surface area contributed by atoms with Gasteiger partial charge in [-0.1, -0.05) is 22.0 Å². The number of aromatic nitrogens is 1. The molecule has 2 rings (SSSR count). The second-order valence-electron chi connectivity index (χ2n) is 3.96. The van der Waals surface area contributed by atoms with Crippen LogP contribution in [0.1, 0.15) is 20.9 Å². The number of aromatic carboxylic acids is 1. The van der Waals surface area contributed by atoms with Crippen molar-refractivity contribution >= 4 is 33.2 Å². The number of carboxylic acids is 1. The van der Waals surface area contributed by atoms with Crippen LogP contribution in [0.25, 0.3) is 10.6 Å². The molecule has 0 atom stereocenters. The van der Waals surface area contributed by atoms with Crippen LogP contribution in [0, 0.1) is 6.92 Å². The van der Waals surface area contributed by atoms with Crippen molar-refractivity contribution in [1.82, 2.24) is 4.98 Å². The molecule has 106 valence electrons. The third kappa shape index (κ3) is 2.85. The van der Waals surface area contributed by atoms with Gasteiger partial charge in [0.15, 0.2) is 5.69 Å². The number of carboxylic acid groups (broad SMARTS) is 1. The smallest absolute Gasteiger partial charge is 0.435 e. The van der Waals surface area contributed by atoms with Crippen LogP contribution in [0.15, 0.2) is 22.7 Å². The van der Waals surface area contributed by atoms with Crippen LogP contribution >= 0.6 is 27.3 Å². The summed E-state index contributed by atoms with van der Waals surface area (Å²) >= 11 is 3.77. The highest BCUT2D eigenvalue weighted by Gasteiger charge is 2.39. The zero-order chi connectivity index (χ0) is 15.1. The van der Waals surface area contributed by atoms with Gasteiger partial charge in [0.05, 0.1) is 0 Å². The van der Waals surface area contributed by atoms with Gasteiger partial charge in [-0.25, -0.2) is 9.78 Å². The van der Waals surface area contributed by atoms with Gasteiger partial charge in [0, 0.05) is 10.0 Å². The van der Waals surface area contributed by atoms with E-state index in [4.69, 9.17) is 5.11 Å². The van der Waals surface area contributed by atoms with Crippen LogP contribution in [0.3, 0.4) is 0 Å². The van der Waals surface area contributed by atoms with Gasteiger partial charge in [-0.2, -0.15) is 13.2 Å². The second kappa shape index (κ2) is 5.17. The van der Waals surface area contributed by atoms with Gasteiger partial charge in [-0.05, 0) is 24.6 Å². The summed E-state index contributed by atoms with van der Waals surface area (Å²) in [6.45, 7) is 1.72. The summed E-state index contributed by atoms with van der Waals surface area (Å²) in [5.74, 6) is -1.63. The van der Waals surface area contributed by atoms with E-state index in [2.05, 4.69) is 20.9 Å². The van der Waals surface area contributed by atoms with Crippen LogP contribution < -0.4 is 0 Å². The van der Waals surface area contributed by atoms with E-state index in [1.54, 1.807) is 25.1 Å². The van der Waals surface area contributed by atoms with Gasteiger partial charge in [0.25, 0.3) is 0 Å². The number of hydrogen-bond donors (Lipinski definition) is 1. The Morgan fingerprint density at radius 2 is 2.05 bits per heavy atom. The van der Waals surface area contributed by atoms with E-state index in [0.717, 1.165) is 4.47 Å². The molecule has 0 aliphatic rings. The van der Waals surface area contributed by atoms with Crippen LogP contribution in [0.2, 0.25) is 0 Å². The fourth-order valence-corrected chi connectivity index (χ4v) is 3.13. The van der Waals surface area contributed by atoms with Gasteiger partial charge in [0.2, 0.25) is 0 Å². The van der Waals surface area contributed by atoms with E-state index in [0.29, 0.717) is 22.5 Å². The van der Waals surface area contributed by atoms with Crippen molar-refractivity contribution in [3.8, 4) is 10.6 Å². The van der Waals surface area contributed by atoms with Gasteiger partial charge in [-0.15, -0.1) is 11.3 Å². The molecule has 8 heteroatoms. The molecule has 0 radical (unpaired) electrons. The Morgan fingerprint density at radius 1 is 1.40 bits per heavy atom. The number of halogens is 4. The predicted molar refractivity (Wildman–Crippen MR) is 71.9 cm³/mol. The monoisotopic (exact) mass is 365 g/mol. The minimum atomic E-state index is -4.79. The van der Waals surface area contributed by atoms with Gasteiger partial charge in [0.1, 0.15) is 9.88 Å². The lowest BCUT2D eigenvalue weighted by atomic mass is 10.1. The molecule has 1 heterocycles. The summed E-state index contributed by atoms with van der Waals surface area (Å²) in [5, 5.41) is 8.91. The summed E-state index contributed by atoms with van der Waals surface area (Å²) in [7, 11) is 0. The zero-order valence-corrected chi connectivity index (χ0v) is 12.4. The maximum absolute atomic E-state index is 12.8. The van der Waals surface area contributed by atoms with E-state index >= 15 is 0 Å². The molecule has 0 aliphatic carbocycles. The first-order valence-electron chi connectivity index (χ1n) is 5.28. The SMILES string of the molecule is Cc1cc(Br)ccc1-c1nc(C(F)(F)F)c(C(=O)O)s1. The molecule has 0 unspecified atom stereocenters. The molecule has 0 saturated carbocycles. The quantitative estimate of drug-likeness (QED) is 0.845. The van der Waals surface area contributed by atoms with Crippen molar-refractivity contribution in [3.63, 3.8) is 0 Å². The Kier molecular flexibility index (Phi) is 3.88. The number of carbonyl (C=O) groups is 1. The van der Waals surface area contributed by atoms with Gasteiger partial charge < -0.3 is 5.11 Å². The van der Waals surface area contributed by atoms with Crippen LogP contribution in [0.4, 0.5) is 13.2 Å². The fraction of sp³-hybridized carbons (Fsp3) is 0.167. The molecule has 1 aromatic heterocycles. The first-order valence-corrected chi connectivity index (χ1v) is 6.89. The molecule has 1 aromatic carbocycles. The number of nitrogens with zero attached hydrogens (tertiary/aromatic N) is 1. The van der Waals surface area contributed by atoms with Crippen LogP contribution in [-0.2, 0) is 6.18 Å². The second-order valence-corrected chi connectivity index (χ2v) is 5.87. The summed E-state index contributed by atoms with van der Waals surface area (Å²) in [4.78, 5) is 13.6. The molecule has 2 aromatic rings. The molecule has 20 heavy (non-hydrogen) atoms. The number of alkyl halides is 3. The molecule has 3 nitrogen and oxygen atoms in total. The maximum atomic E-state index is 12.8. The zero-order valence-electron chi connectivity index (χ0n) is 9.95. The Labute approximate surface area is 124 Å². The first-order chi connectivity index (χ1) is 9.20. The Morgan fingerprint density at radius 3 is 2.50 bits per heavy atom. The normalized spacial score (nSPS) is 11.7. The molecule has 1 N–H and O–H groups in total. The Hall–Kier alpha value is -1.41. The highest BCUT2D eigenvalue weighted by Crippen LogP contribution is 2.38. The van der Waals surface area contributed by atoms with Gasteiger partial charge >= 0.3 is 12.1 Å². The highest BCUT2D eigenvalue weighted by molar-refractivity contribution is 9.10. The summed E-state index contributed by atoms with van der Waals surface area (Å²) in [6.07, 6.45) is -4.79. The van der Waals surface area contributed by atoms with Crippen molar-refractivity contribution in [1.29, 1.82) is 0 Å². The largest absolute Gasteiger partial charge is 0.477 e. The Balaban J connectivity index is 2.62. The molecule has 0 spiro atoms. The van der Waals surface area contributed by atoms with E-state index in [-0.39, 0.29) is 5.01 Å². The molecule has 0 amide bonds.